The summed E-state index contributed by atoms with van der Waals surface area (Å²) in [5.74, 6) is -0.124. The summed E-state index contributed by atoms with van der Waals surface area (Å²) < 4.78 is 24.5. The van der Waals surface area contributed by atoms with Gasteiger partial charge in [-0.05, 0) is 32.8 Å². The standard InChI is InChI=1S/C12H19N3O3S/c1-9(2)15-8-10(19(13,17)18)7-11(15)12(16)14-5-3-4-6-14/h7-9H,3-6H2,1-2H3,(H2,13,17,18). The Balaban J connectivity index is 2.43. The highest BCUT2D eigenvalue weighted by Crippen LogP contribution is 2.21. The Bertz CT molecular complexity index is 583. The molecule has 0 radical (unpaired) electrons. The first-order valence-corrected chi connectivity index (χ1v) is 7.89. The number of nitrogens with zero attached hydrogens (tertiary/aromatic N) is 2. The van der Waals surface area contributed by atoms with Gasteiger partial charge >= 0.3 is 0 Å². The zero-order chi connectivity index (χ0) is 14.2. The normalized spacial score (nSPS) is 16.3. The lowest BCUT2D eigenvalue weighted by molar-refractivity contribution is 0.0780. The zero-order valence-electron chi connectivity index (χ0n) is 11.2. The number of hydrogen-bond donors (Lipinski definition) is 1. The predicted octanol–water partition coefficient (Wildman–Crippen LogP) is 0.952. The summed E-state index contributed by atoms with van der Waals surface area (Å²) >= 11 is 0. The molecule has 106 valence electrons. The maximum absolute atomic E-state index is 12.4. The van der Waals surface area contributed by atoms with Gasteiger partial charge in [-0.2, -0.15) is 0 Å². The van der Waals surface area contributed by atoms with Crippen LogP contribution in [0.4, 0.5) is 0 Å². The number of nitrogens with two attached hydrogens (primary N) is 1. The molecule has 2 N–H and O–H groups in total. The molecule has 1 aliphatic rings. The third-order valence-electron chi connectivity index (χ3n) is 3.32. The van der Waals surface area contributed by atoms with Crippen LogP contribution >= 0.6 is 0 Å². The number of sulfonamides is 1. The van der Waals surface area contributed by atoms with Gasteiger partial charge in [0.2, 0.25) is 10.0 Å². The van der Waals surface area contributed by atoms with E-state index in [-0.39, 0.29) is 16.8 Å². The largest absolute Gasteiger partial charge is 0.340 e. The van der Waals surface area contributed by atoms with E-state index in [1.165, 1.54) is 12.3 Å². The molecule has 1 fully saturated rings. The molecule has 19 heavy (non-hydrogen) atoms. The average Bonchev–Trinajstić information content (AvgIpc) is 2.96. The fourth-order valence-electron chi connectivity index (χ4n) is 2.29. The van der Waals surface area contributed by atoms with E-state index >= 15 is 0 Å². The van der Waals surface area contributed by atoms with E-state index in [1.54, 1.807) is 9.47 Å². The van der Waals surface area contributed by atoms with Crippen LogP contribution in [0, 0.1) is 0 Å². The summed E-state index contributed by atoms with van der Waals surface area (Å²) in [6, 6.07) is 1.37. The number of aromatic nitrogens is 1. The molecule has 0 bridgehead atoms. The van der Waals surface area contributed by atoms with Crippen molar-refractivity contribution >= 4 is 15.9 Å². The molecule has 6 nitrogen and oxygen atoms in total. The van der Waals surface area contributed by atoms with Crippen LogP contribution in [-0.2, 0) is 10.0 Å². The second-order valence-corrected chi connectivity index (χ2v) is 6.67. The molecule has 1 amide bonds. The summed E-state index contributed by atoms with van der Waals surface area (Å²) in [4.78, 5) is 14.1. The predicted molar refractivity (Wildman–Crippen MR) is 71.3 cm³/mol. The molecule has 0 aromatic carbocycles. The van der Waals surface area contributed by atoms with Crippen molar-refractivity contribution in [1.29, 1.82) is 0 Å². The van der Waals surface area contributed by atoms with Gasteiger partial charge in [0.25, 0.3) is 5.91 Å². The second-order valence-electron chi connectivity index (χ2n) is 5.11. The molecule has 0 unspecified atom stereocenters. The Kier molecular flexibility index (Phi) is 3.69. The van der Waals surface area contributed by atoms with Crippen LogP contribution in [0.3, 0.4) is 0 Å². The highest BCUT2D eigenvalue weighted by molar-refractivity contribution is 7.89. The summed E-state index contributed by atoms with van der Waals surface area (Å²) in [5.41, 5.74) is 0.390. The lowest BCUT2D eigenvalue weighted by atomic mass is 10.3. The fraction of sp³-hybridized carbons (Fsp3) is 0.583. The van der Waals surface area contributed by atoms with Crippen LogP contribution in [0.1, 0.15) is 43.2 Å². The zero-order valence-corrected chi connectivity index (χ0v) is 12.0. The average molecular weight is 285 g/mol. The van der Waals surface area contributed by atoms with Gasteiger partial charge in [-0.1, -0.05) is 0 Å². The number of carbonyl (C=O) groups excluding carboxylic acids is 1. The molecule has 0 spiro atoms. The first kappa shape index (κ1) is 14.1. The summed E-state index contributed by atoms with van der Waals surface area (Å²) in [6.07, 6.45) is 3.43. The minimum atomic E-state index is -3.79. The summed E-state index contributed by atoms with van der Waals surface area (Å²) in [5, 5.41) is 5.13. The fourth-order valence-corrected chi connectivity index (χ4v) is 2.83. The lowest BCUT2D eigenvalue weighted by Crippen LogP contribution is -2.29. The molecule has 0 aliphatic carbocycles. The van der Waals surface area contributed by atoms with Crippen LogP contribution in [0.25, 0.3) is 0 Å². The Morgan fingerprint density at radius 3 is 2.37 bits per heavy atom. The Labute approximate surface area is 113 Å². The summed E-state index contributed by atoms with van der Waals surface area (Å²) in [7, 11) is -3.79. The molecule has 7 heteroatoms. The molecule has 1 aliphatic heterocycles. The van der Waals surface area contributed by atoms with Gasteiger partial charge in [0.1, 0.15) is 10.6 Å². The van der Waals surface area contributed by atoms with Crippen molar-refractivity contribution in [3.63, 3.8) is 0 Å². The van der Waals surface area contributed by atoms with Crippen molar-refractivity contribution in [2.24, 2.45) is 5.14 Å². The Morgan fingerprint density at radius 1 is 1.32 bits per heavy atom. The molecule has 2 heterocycles. The molecular weight excluding hydrogens is 266 g/mol. The number of carbonyl (C=O) groups is 1. The van der Waals surface area contributed by atoms with E-state index in [0.29, 0.717) is 5.69 Å². The SMILES string of the molecule is CC(C)n1cc(S(N)(=O)=O)cc1C(=O)N1CCCC1. The second kappa shape index (κ2) is 4.97. The molecule has 2 rings (SSSR count). The van der Waals surface area contributed by atoms with Crippen LogP contribution in [0.5, 0.6) is 0 Å². The third kappa shape index (κ3) is 2.82. The number of hydrogen-bond acceptors (Lipinski definition) is 3. The van der Waals surface area contributed by atoms with Crippen molar-refractivity contribution in [2.45, 2.75) is 37.6 Å². The molecular formula is C12H19N3O3S. The van der Waals surface area contributed by atoms with E-state index in [2.05, 4.69) is 0 Å². The summed E-state index contributed by atoms with van der Waals surface area (Å²) in [6.45, 7) is 5.25. The van der Waals surface area contributed by atoms with Gasteiger partial charge < -0.3 is 9.47 Å². The quantitative estimate of drug-likeness (QED) is 0.897. The number of amides is 1. The first-order chi connectivity index (χ1) is 8.80. The van der Waals surface area contributed by atoms with Gasteiger partial charge in [0, 0.05) is 25.3 Å². The van der Waals surface area contributed by atoms with Gasteiger partial charge in [0.15, 0.2) is 0 Å². The van der Waals surface area contributed by atoms with Crippen LogP contribution < -0.4 is 5.14 Å². The van der Waals surface area contributed by atoms with Crippen molar-refractivity contribution in [3.8, 4) is 0 Å². The minimum absolute atomic E-state index is 0.00273. The van der Waals surface area contributed by atoms with Crippen molar-refractivity contribution in [3.05, 3.63) is 18.0 Å². The van der Waals surface area contributed by atoms with Gasteiger partial charge in [-0.15, -0.1) is 0 Å². The molecule has 1 saturated heterocycles. The molecule has 0 atom stereocenters. The smallest absolute Gasteiger partial charge is 0.270 e. The van der Waals surface area contributed by atoms with E-state index in [4.69, 9.17) is 5.14 Å². The van der Waals surface area contributed by atoms with E-state index < -0.39 is 10.0 Å². The molecule has 1 aromatic heterocycles. The van der Waals surface area contributed by atoms with E-state index in [0.717, 1.165) is 25.9 Å². The Hall–Kier alpha value is -1.34. The van der Waals surface area contributed by atoms with Crippen LogP contribution in [0.2, 0.25) is 0 Å². The van der Waals surface area contributed by atoms with Crippen LogP contribution in [0.15, 0.2) is 17.2 Å². The third-order valence-corrected chi connectivity index (χ3v) is 4.20. The number of rotatable bonds is 3. The first-order valence-electron chi connectivity index (χ1n) is 6.34. The minimum Gasteiger partial charge on any atom is -0.340 e. The topological polar surface area (TPSA) is 85.4 Å². The van der Waals surface area contributed by atoms with Crippen molar-refractivity contribution < 1.29 is 13.2 Å². The highest BCUT2D eigenvalue weighted by atomic mass is 32.2. The van der Waals surface area contributed by atoms with Crippen molar-refractivity contribution in [2.75, 3.05) is 13.1 Å². The monoisotopic (exact) mass is 285 g/mol. The van der Waals surface area contributed by atoms with Gasteiger partial charge in [0.05, 0.1) is 0 Å². The lowest BCUT2D eigenvalue weighted by Gasteiger charge is -2.18. The highest BCUT2D eigenvalue weighted by Gasteiger charge is 2.25. The van der Waals surface area contributed by atoms with Crippen LogP contribution in [-0.4, -0.2) is 36.9 Å². The van der Waals surface area contributed by atoms with E-state index in [9.17, 15) is 13.2 Å². The van der Waals surface area contributed by atoms with Gasteiger partial charge in [-0.3, -0.25) is 4.79 Å². The maximum atomic E-state index is 12.4. The molecule has 0 saturated carbocycles. The Morgan fingerprint density at radius 2 is 1.89 bits per heavy atom. The molecule has 1 aromatic rings. The number of primary sulfonamides is 1. The van der Waals surface area contributed by atoms with E-state index in [1.807, 2.05) is 13.8 Å². The van der Waals surface area contributed by atoms with Gasteiger partial charge in [-0.25, -0.2) is 13.6 Å². The van der Waals surface area contributed by atoms with Crippen molar-refractivity contribution in [1.82, 2.24) is 9.47 Å². The maximum Gasteiger partial charge on any atom is 0.270 e. The number of likely N-dealkylation sites (tertiary alicyclic amines) is 1.